The molecule has 3 heteroatoms. The maximum absolute atomic E-state index is 6.41. The summed E-state index contributed by atoms with van der Waals surface area (Å²) in [4.78, 5) is 2.65. The molecule has 1 saturated heterocycles. The molecule has 2 aliphatic carbocycles. The third-order valence-electron chi connectivity index (χ3n) is 4.73. The van der Waals surface area contributed by atoms with Gasteiger partial charge in [0.2, 0.25) is 0 Å². The molecule has 1 heterocycles. The van der Waals surface area contributed by atoms with Gasteiger partial charge in [-0.2, -0.15) is 0 Å². The monoisotopic (exact) mass is 301 g/mol. The number of ether oxygens (including phenoxy) is 1. The van der Waals surface area contributed by atoms with Crippen molar-refractivity contribution in [1.82, 2.24) is 4.90 Å². The van der Waals surface area contributed by atoms with Gasteiger partial charge in [0.25, 0.3) is 0 Å². The molecule has 0 aromatic rings. The van der Waals surface area contributed by atoms with Crippen LogP contribution in [0.1, 0.15) is 51.4 Å². The van der Waals surface area contributed by atoms with Crippen LogP contribution in [0.5, 0.6) is 0 Å². The van der Waals surface area contributed by atoms with E-state index in [1.54, 1.807) is 0 Å². The van der Waals surface area contributed by atoms with Gasteiger partial charge in [0, 0.05) is 24.5 Å². The summed E-state index contributed by atoms with van der Waals surface area (Å²) in [5.41, 5.74) is 0.314. The molecule has 0 aromatic heterocycles. The number of nitrogens with zero attached hydrogens (tertiary/aromatic N) is 1. The Morgan fingerprint density at radius 1 is 1.12 bits per heavy atom. The normalized spacial score (nSPS) is 31.8. The van der Waals surface area contributed by atoms with Crippen LogP contribution in [-0.2, 0) is 4.74 Å². The van der Waals surface area contributed by atoms with E-state index in [1.807, 2.05) is 0 Å². The van der Waals surface area contributed by atoms with Crippen molar-refractivity contribution in [3.63, 3.8) is 0 Å². The second-order valence-electron chi connectivity index (χ2n) is 6.08. The van der Waals surface area contributed by atoms with E-state index < -0.39 is 0 Å². The summed E-state index contributed by atoms with van der Waals surface area (Å²) in [5.74, 6) is 0. The first-order valence-corrected chi connectivity index (χ1v) is 8.41. The van der Waals surface area contributed by atoms with Gasteiger partial charge in [0.1, 0.15) is 0 Å². The lowest BCUT2D eigenvalue weighted by Crippen LogP contribution is -2.37. The van der Waals surface area contributed by atoms with Crippen molar-refractivity contribution >= 4 is 15.9 Å². The van der Waals surface area contributed by atoms with E-state index in [4.69, 9.17) is 4.74 Å². The predicted molar refractivity (Wildman–Crippen MR) is 73.7 cm³/mol. The van der Waals surface area contributed by atoms with Gasteiger partial charge in [-0.3, -0.25) is 4.90 Å². The summed E-state index contributed by atoms with van der Waals surface area (Å²) >= 11 is 3.57. The third-order valence-corrected chi connectivity index (χ3v) is 5.08. The molecule has 1 unspecified atom stereocenters. The zero-order valence-corrected chi connectivity index (χ0v) is 12.3. The van der Waals surface area contributed by atoms with Crippen LogP contribution >= 0.6 is 15.9 Å². The van der Waals surface area contributed by atoms with E-state index in [0.29, 0.717) is 11.7 Å². The fourth-order valence-corrected chi connectivity index (χ4v) is 4.10. The van der Waals surface area contributed by atoms with Crippen molar-refractivity contribution in [2.24, 2.45) is 0 Å². The highest BCUT2D eigenvalue weighted by Gasteiger charge is 2.43. The second kappa shape index (κ2) is 5.18. The lowest BCUT2D eigenvalue weighted by atomic mass is 9.98. The lowest BCUT2D eigenvalue weighted by Gasteiger charge is -2.28. The number of alkyl halides is 1. The molecule has 0 amide bonds. The first-order chi connectivity index (χ1) is 8.31. The molecule has 2 nitrogen and oxygen atoms in total. The summed E-state index contributed by atoms with van der Waals surface area (Å²) in [6, 6.07) is 0.872. The molecule has 0 N–H and O–H groups in total. The molecule has 3 aliphatic rings. The van der Waals surface area contributed by atoms with E-state index in [-0.39, 0.29) is 0 Å². The Labute approximate surface area is 113 Å². The maximum Gasteiger partial charge on any atom is 0.0710 e. The molecule has 0 aromatic carbocycles. The largest absolute Gasteiger partial charge is 0.370 e. The number of hydrogen-bond donors (Lipinski definition) is 0. The van der Waals surface area contributed by atoms with Crippen molar-refractivity contribution in [1.29, 1.82) is 0 Å². The van der Waals surface area contributed by atoms with Gasteiger partial charge >= 0.3 is 0 Å². The fraction of sp³-hybridized carbons (Fsp3) is 1.00. The zero-order valence-electron chi connectivity index (χ0n) is 10.7. The molecule has 2 saturated carbocycles. The van der Waals surface area contributed by atoms with Gasteiger partial charge < -0.3 is 4.74 Å². The van der Waals surface area contributed by atoms with Gasteiger partial charge in [0.15, 0.2) is 0 Å². The van der Waals surface area contributed by atoms with Crippen LogP contribution in [0.2, 0.25) is 0 Å². The number of hydrogen-bond acceptors (Lipinski definition) is 2. The van der Waals surface area contributed by atoms with Gasteiger partial charge in [-0.15, -0.1) is 0 Å². The molecular formula is C14H24BrNO. The van der Waals surface area contributed by atoms with Crippen LogP contribution < -0.4 is 0 Å². The quantitative estimate of drug-likeness (QED) is 0.722. The summed E-state index contributed by atoms with van der Waals surface area (Å²) in [6.07, 6.45) is 11.4. The van der Waals surface area contributed by atoms with Gasteiger partial charge in [0.05, 0.1) is 11.7 Å². The first kappa shape index (κ1) is 12.4. The van der Waals surface area contributed by atoms with Crippen molar-refractivity contribution in [2.45, 2.75) is 69.1 Å². The van der Waals surface area contributed by atoms with Crippen LogP contribution in [0.3, 0.4) is 0 Å². The summed E-state index contributed by atoms with van der Waals surface area (Å²) in [7, 11) is 0. The molecule has 17 heavy (non-hydrogen) atoms. The summed E-state index contributed by atoms with van der Waals surface area (Å²) in [6.45, 7) is 2.37. The predicted octanol–water partition coefficient (Wildman–Crippen LogP) is 3.34. The Bertz CT molecular complexity index is 261. The minimum Gasteiger partial charge on any atom is -0.370 e. The molecule has 1 atom stereocenters. The fourth-order valence-electron chi connectivity index (χ4n) is 3.64. The van der Waals surface area contributed by atoms with Crippen LogP contribution in [0.4, 0.5) is 0 Å². The average molecular weight is 302 g/mol. The minimum atomic E-state index is 0.314. The molecule has 3 rings (SSSR count). The van der Waals surface area contributed by atoms with Gasteiger partial charge in [-0.25, -0.2) is 0 Å². The topological polar surface area (TPSA) is 12.5 Å². The van der Waals surface area contributed by atoms with Crippen molar-refractivity contribution in [3.05, 3.63) is 0 Å². The van der Waals surface area contributed by atoms with Crippen LogP contribution in [0, 0.1) is 0 Å². The Kier molecular flexibility index (Phi) is 3.79. The van der Waals surface area contributed by atoms with Crippen LogP contribution in [0.15, 0.2) is 0 Å². The van der Waals surface area contributed by atoms with E-state index in [1.165, 1.54) is 64.5 Å². The highest BCUT2D eigenvalue weighted by molar-refractivity contribution is 9.09. The molecule has 1 spiro atoms. The smallest absolute Gasteiger partial charge is 0.0710 e. The highest BCUT2D eigenvalue weighted by atomic mass is 79.9. The van der Waals surface area contributed by atoms with Crippen LogP contribution in [0.25, 0.3) is 0 Å². The van der Waals surface area contributed by atoms with Crippen molar-refractivity contribution < 1.29 is 4.74 Å². The van der Waals surface area contributed by atoms with Crippen LogP contribution in [-0.4, -0.2) is 41.1 Å². The average Bonchev–Trinajstić information content (AvgIpc) is 2.97. The number of rotatable bonds is 5. The van der Waals surface area contributed by atoms with E-state index >= 15 is 0 Å². The Morgan fingerprint density at radius 3 is 2.53 bits per heavy atom. The Hall–Kier alpha value is 0.400. The number of halogens is 1. The molecular weight excluding hydrogens is 278 g/mol. The zero-order chi connectivity index (χ0) is 11.7. The molecule has 1 aliphatic heterocycles. The standard InChI is InChI=1S/C14H24BrNO/c15-9-10-16(12-3-4-12)11-13-5-8-14(17-13)6-1-2-7-14/h12-13H,1-11H2. The minimum absolute atomic E-state index is 0.314. The molecule has 3 fully saturated rings. The summed E-state index contributed by atoms with van der Waals surface area (Å²) in [5, 5.41) is 1.10. The SMILES string of the molecule is BrCCN(CC1CCC2(CCCC2)O1)C1CC1. The molecule has 0 radical (unpaired) electrons. The van der Waals surface area contributed by atoms with Gasteiger partial charge in [-0.05, 0) is 38.5 Å². The van der Waals surface area contributed by atoms with Crippen molar-refractivity contribution in [2.75, 3.05) is 18.4 Å². The second-order valence-corrected chi connectivity index (χ2v) is 6.88. The highest BCUT2D eigenvalue weighted by Crippen LogP contribution is 2.43. The van der Waals surface area contributed by atoms with Gasteiger partial charge in [-0.1, -0.05) is 28.8 Å². The first-order valence-electron chi connectivity index (χ1n) is 7.29. The van der Waals surface area contributed by atoms with E-state index in [0.717, 1.165) is 11.4 Å². The Balaban J connectivity index is 1.51. The summed E-state index contributed by atoms with van der Waals surface area (Å²) < 4.78 is 6.41. The molecule has 0 bridgehead atoms. The lowest BCUT2D eigenvalue weighted by molar-refractivity contribution is -0.0475. The van der Waals surface area contributed by atoms with Crippen molar-refractivity contribution in [3.8, 4) is 0 Å². The van der Waals surface area contributed by atoms with E-state index in [9.17, 15) is 0 Å². The molecule has 98 valence electrons. The Morgan fingerprint density at radius 2 is 1.88 bits per heavy atom. The van der Waals surface area contributed by atoms with E-state index in [2.05, 4.69) is 20.8 Å². The third kappa shape index (κ3) is 2.87. The maximum atomic E-state index is 6.41.